The van der Waals surface area contributed by atoms with E-state index in [0.29, 0.717) is 22.7 Å². The van der Waals surface area contributed by atoms with Gasteiger partial charge in [-0.05, 0) is 49.7 Å². The first-order valence-electron chi connectivity index (χ1n) is 8.04. The van der Waals surface area contributed by atoms with E-state index in [9.17, 15) is 4.79 Å². The van der Waals surface area contributed by atoms with Crippen LogP contribution in [0.1, 0.15) is 67.9 Å². The second kappa shape index (κ2) is 5.96. The molecule has 1 saturated heterocycles. The van der Waals surface area contributed by atoms with Crippen molar-refractivity contribution in [3.8, 4) is 0 Å². The molecule has 0 spiro atoms. The Balaban J connectivity index is 1.87. The van der Waals surface area contributed by atoms with Crippen LogP contribution in [0.5, 0.6) is 0 Å². The minimum absolute atomic E-state index is 0.137. The van der Waals surface area contributed by atoms with Gasteiger partial charge >= 0.3 is 0 Å². The molecular weight excluding hydrogens is 284 g/mol. The quantitative estimate of drug-likeness (QED) is 0.765. The fraction of sp³-hybridized carbons (Fsp3) is 0.647. The molecule has 1 aliphatic carbocycles. The van der Waals surface area contributed by atoms with E-state index in [1.165, 1.54) is 19.3 Å². The highest BCUT2D eigenvalue weighted by Gasteiger charge is 2.37. The lowest BCUT2D eigenvalue weighted by atomic mass is 9.91. The van der Waals surface area contributed by atoms with Crippen molar-refractivity contribution in [2.45, 2.75) is 57.9 Å². The summed E-state index contributed by atoms with van der Waals surface area (Å²) in [6, 6.07) is 4.08. The number of fused-ring (bicyclic) bond motifs is 1. The van der Waals surface area contributed by atoms with Gasteiger partial charge < -0.3 is 4.90 Å². The van der Waals surface area contributed by atoms with E-state index in [1.807, 2.05) is 6.07 Å². The number of hydrogen-bond donors (Lipinski definition) is 0. The summed E-state index contributed by atoms with van der Waals surface area (Å²) in [5, 5.41) is 0.421. The van der Waals surface area contributed by atoms with Gasteiger partial charge in [-0.25, -0.2) is 4.98 Å². The van der Waals surface area contributed by atoms with Crippen molar-refractivity contribution in [1.82, 2.24) is 9.88 Å². The molecule has 21 heavy (non-hydrogen) atoms. The minimum Gasteiger partial charge on any atom is -0.335 e. The zero-order valence-electron chi connectivity index (χ0n) is 12.8. The van der Waals surface area contributed by atoms with Crippen molar-refractivity contribution in [2.75, 3.05) is 6.54 Å². The maximum absolute atomic E-state index is 12.9. The summed E-state index contributed by atoms with van der Waals surface area (Å²) in [5.74, 6) is 1.12. The Labute approximate surface area is 131 Å². The summed E-state index contributed by atoms with van der Waals surface area (Å²) in [7, 11) is 0. The maximum Gasteiger partial charge on any atom is 0.254 e. The average Bonchev–Trinajstić information content (AvgIpc) is 2.94. The third-order valence-corrected chi connectivity index (χ3v) is 5.10. The third-order valence-electron chi connectivity index (χ3n) is 4.91. The van der Waals surface area contributed by atoms with E-state index in [4.69, 9.17) is 11.6 Å². The molecule has 3 nitrogen and oxygen atoms in total. The van der Waals surface area contributed by atoms with Crippen LogP contribution in [0.3, 0.4) is 0 Å². The van der Waals surface area contributed by atoms with Gasteiger partial charge in [-0.1, -0.05) is 31.9 Å². The monoisotopic (exact) mass is 306 g/mol. The number of halogens is 1. The molecule has 2 aliphatic rings. The molecule has 1 amide bonds. The van der Waals surface area contributed by atoms with E-state index in [0.717, 1.165) is 25.1 Å². The lowest BCUT2D eigenvalue weighted by Gasteiger charge is -2.38. The van der Waals surface area contributed by atoms with Crippen molar-refractivity contribution >= 4 is 17.5 Å². The highest BCUT2D eigenvalue weighted by atomic mass is 35.5. The molecule has 0 bridgehead atoms. The minimum atomic E-state index is 0.137. The molecule has 114 valence electrons. The number of carbonyl (C=O) groups excluding carboxylic acids is 1. The number of rotatable bonds is 2. The SMILES string of the molecule is CC(C)c1cc(C(=O)N2CCCC3CCCC32)cc(Cl)n1. The summed E-state index contributed by atoms with van der Waals surface area (Å²) in [6.45, 7) is 5.03. The summed E-state index contributed by atoms with van der Waals surface area (Å²) in [4.78, 5) is 19.3. The Morgan fingerprint density at radius 1 is 1.29 bits per heavy atom. The van der Waals surface area contributed by atoms with Gasteiger partial charge in [-0.15, -0.1) is 0 Å². The van der Waals surface area contributed by atoms with Crippen molar-refractivity contribution in [1.29, 1.82) is 0 Å². The van der Waals surface area contributed by atoms with Crippen LogP contribution in [-0.2, 0) is 0 Å². The highest BCUT2D eigenvalue weighted by molar-refractivity contribution is 6.29. The standard InChI is InChI=1S/C17H23ClN2O/c1-11(2)14-9-13(10-16(18)19-14)17(21)20-8-4-6-12-5-3-7-15(12)20/h9-12,15H,3-8H2,1-2H3. The van der Waals surface area contributed by atoms with Gasteiger partial charge in [0.15, 0.2) is 0 Å². The fourth-order valence-electron chi connectivity index (χ4n) is 3.81. The van der Waals surface area contributed by atoms with E-state index < -0.39 is 0 Å². The van der Waals surface area contributed by atoms with Gasteiger partial charge in [0.2, 0.25) is 0 Å². The number of carbonyl (C=O) groups is 1. The van der Waals surface area contributed by atoms with Crippen LogP contribution in [0.15, 0.2) is 12.1 Å². The number of amides is 1. The van der Waals surface area contributed by atoms with Gasteiger partial charge in [-0.2, -0.15) is 0 Å². The molecule has 0 aromatic carbocycles. The summed E-state index contributed by atoms with van der Waals surface area (Å²) in [6.07, 6.45) is 6.11. The van der Waals surface area contributed by atoms with Crippen molar-refractivity contribution in [3.05, 3.63) is 28.5 Å². The lowest BCUT2D eigenvalue weighted by molar-refractivity contribution is 0.0548. The maximum atomic E-state index is 12.9. The van der Waals surface area contributed by atoms with E-state index in [-0.39, 0.29) is 11.8 Å². The van der Waals surface area contributed by atoms with Crippen LogP contribution in [0, 0.1) is 5.92 Å². The van der Waals surface area contributed by atoms with E-state index in [2.05, 4.69) is 23.7 Å². The fourth-order valence-corrected chi connectivity index (χ4v) is 4.02. The highest BCUT2D eigenvalue weighted by Crippen LogP contribution is 2.37. The van der Waals surface area contributed by atoms with Crippen LogP contribution in [0.4, 0.5) is 0 Å². The topological polar surface area (TPSA) is 33.2 Å². The molecule has 2 fully saturated rings. The van der Waals surface area contributed by atoms with Gasteiger partial charge in [0.25, 0.3) is 5.91 Å². The van der Waals surface area contributed by atoms with Gasteiger partial charge in [-0.3, -0.25) is 4.79 Å². The van der Waals surface area contributed by atoms with Crippen molar-refractivity contribution in [3.63, 3.8) is 0 Å². The zero-order chi connectivity index (χ0) is 15.0. The number of nitrogens with zero attached hydrogens (tertiary/aromatic N) is 2. The molecule has 0 radical (unpaired) electrons. The predicted octanol–water partition coefficient (Wildman–Crippen LogP) is 4.26. The van der Waals surface area contributed by atoms with Crippen LogP contribution in [-0.4, -0.2) is 28.4 Å². The molecule has 2 unspecified atom stereocenters. The second-order valence-corrected chi connectivity index (χ2v) is 7.04. The molecule has 1 aliphatic heterocycles. The largest absolute Gasteiger partial charge is 0.335 e. The molecule has 1 aromatic heterocycles. The first-order valence-corrected chi connectivity index (χ1v) is 8.42. The number of pyridine rings is 1. The molecule has 3 rings (SSSR count). The van der Waals surface area contributed by atoms with Crippen LogP contribution >= 0.6 is 11.6 Å². The van der Waals surface area contributed by atoms with Crippen molar-refractivity contribution in [2.24, 2.45) is 5.92 Å². The molecule has 1 aromatic rings. The Kier molecular flexibility index (Phi) is 4.21. The Morgan fingerprint density at radius 3 is 2.81 bits per heavy atom. The summed E-state index contributed by atoms with van der Waals surface area (Å²) >= 11 is 6.11. The molecule has 2 heterocycles. The molecular formula is C17H23ClN2O. The zero-order valence-corrected chi connectivity index (χ0v) is 13.6. The molecule has 0 N–H and O–H groups in total. The second-order valence-electron chi connectivity index (χ2n) is 6.66. The van der Waals surface area contributed by atoms with E-state index in [1.54, 1.807) is 6.07 Å². The Hall–Kier alpha value is -1.09. The first-order chi connectivity index (χ1) is 10.1. The lowest BCUT2D eigenvalue weighted by Crippen LogP contribution is -2.46. The molecule has 2 atom stereocenters. The smallest absolute Gasteiger partial charge is 0.254 e. The predicted molar refractivity (Wildman–Crippen MR) is 84.7 cm³/mol. The van der Waals surface area contributed by atoms with Crippen LogP contribution in [0.2, 0.25) is 5.15 Å². The first kappa shape index (κ1) is 14.8. The third kappa shape index (κ3) is 2.94. The molecule has 4 heteroatoms. The average molecular weight is 307 g/mol. The van der Waals surface area contributed by atoms with Gasteiger partial charge in [0.1, 0.15) is 5.15 Å². The van der Waals surface area contributed by atoms with Gasteiger partial charge in [0.05, 0.1) is 0 Å². The van der Waals surface area contributed by atoms with E-state index >= 15 is 0 Å². The van der Waals surface area contributed by atoms with Crippen LogP contribution in [0.25, 0.3) is 0 Å². The Morgan fingerprint density at radius 2 is 2.05 bits per heavy atom. The number of hydrogen-bond acceptors (Lipinski definition) is 2. The molecule has 1 saturated carbocycles. The number of aromatic nitrogens is 1. The number of piperidine rings is 1. The number of likely N-dealkylation sites (tertiary alicyclic amines) is 1. The van der Waals surface area contributed by atoms with Gasteiger partial charge in [0, 0.05) is 23.8 Å². The summed E-state index contributed by atoms with van der Waals surface area (Å²) < 4.78 is 0. The normalized spacial score (nSPS) is 25.2. The van der Waals surface area contributed by atoms with Crippen molar-refractivity contribution < 1.29 is 4.79 Å². The Bertz CT molecular complexity index is 544. The van der Waals surface area contributed by atoms with Crippen LogP contribution < -0.4 is 0 Å². The summed E-state index contributed by atoms with van der Waals surface area (Å²) in [5.41, 5.74) is 1.59.